The van der Waals surface area contributed by atoms with Crippen LogP contribution in [0, 0.1) is 13.8 Å². The standard InChI is InChI=1S/C24H28N4O4S/c1-6-31-23(30)18-8-10-19(11-9-18)25-21(29)14-33-24-27-26-22(28(24)5)17(4)32-20-12-7-15(2)13-16(20)3/h7-13,17H,6,14H2,1-5H3,(H,25,29). The second-order valence-electron chi connectivity index (χ2n) is 7.56. The van der Waals surface area contributed by atoms with Crippen LogP contribution in [-0.2, 0) is 16.6 Å². The number of carbonyl (C=O) groups excluding carboxylic acids is 2. The van der Waals surface area contributed by atoms with Crippen LogP contribution in [0.3, 0.4) is 0 Å². The Morgan fingerprint density at radius 1 is 1.12 bits per heavy atom. The highest BCUT2D eigenvalue weighted by molar-refractivity contribution is 7.99. The van der Waals surface area contributed by atoms with E-state index in [0.717, 1.165) is 11.3 Å². The molecule has 1 unspecified atom stereocenters. The number of rotatable bonds is 9. The van der Waals surface area contributed by atoms with Crippen LogP contribution in [0.15, 0.2) is 47.6 Å². The van der Waals surface area contributed by atoms with Crippen LogP contribution >= 0.6 is 11.8 Å². The van der Waals surface area contributed by atoms with Gasteiger partial charge in [-0.25, -0.2) is 4.79 Å². The van der Waals surface area contributed by atoms with Crippen LogP contribution in [0.1, 0.15) is 47.3 Å². The number of carbonyl (C=O) groups is 2. The van der Waals surface area contributed by atoms with Gasteiger partial charge in [-0.2, -0.15) is 0 Å². The topological polar surface area (TPSA) is 95.3 Å². The number of hydrogen-bond acceptors (Lipinski definition) is 7. The highest BCUT2D eigenvalue weighted by Gasteiger charge is 2.19. The summed E-state index contributed by atoms with van der Waals surface area (Å²) in [5, 5.41) is 11.9. The van der Waals surface area contributed by atoms with Crippen LogP contribution in [0.5, 0.6) is 5.75 Å². The van der Waals surface area contributed by atoms with Gasteiger partial charge in [0, 0.05) is 12.7 Å². The normalized spacial score (nSPS) is 11.7. The summed E-state index contributed by atoms with van der Waals surface area (Å²) in [6.45, 7) is 8.04. The Labute approximate surface area is 197 Å². The molecule has 1 atom stereocenters. The van der Waals surface area contributed by atoms with Crippen molar-refractivity contribution in [3.63, 3.8) is 0 Å². The smallest absolute Gasteiger partial charge is 0.338 e. The maximum absolute atomic E-state index is 12.4. The third-order valence-corrected chi connectivity index (χ3v) is 5.90. The summed E-state index contributed by atoms with van der Waals surface area (Å²) in [6.07, 6.45) is -0.301. The number of aromatic nitrogens is 3. The zero-order valence-corrected chi connectivity index (χ0v) is 20.2. The van der Waals surface area contributed by atoms with E-state index >= 15 is 0 Å². The lowest BCUT2D eigenvalue weighted by molar-refractivity contribution is -0.113. The van der Waals surface area contributed by atoms with Crippen molar-refractivity contribution in [3.8, 4) is 5.75 Å². The molecule has 0 aliphatic carbocycles. The first kappa shape index (κ1) is 24.3. The van der Waals surface area contributed by atoms with Gasteiger partial charge in [-0.1, -0.05) is 29.5 Å². The van der Waals surface area contributed by atoms with Crippen molar-refractivity contribution >= 4 is 29.3 Å². The summed E-state index contributed by atoms with van der Waals surface area (Å²) in [7, 11) is 1.85. The zero-order chi connectivity index (χ0) is 24.0. The number of thioether (sulfide) groups is 1. The van der Waals surface area contributed by atoms with Crippen LogP contribution in [0.25, 0.3) is 0 Å². The minimum atomic E-state index is -0.389. The fourth-order valence-electron chi connectivity index (χ4n) is 3.21. The molecular weight excluding hydrogens is 440 g/mol. The maximum atomic E-state index is 12.4. The Bertz CT molecular complexity index is 1130. The fourth-order valence-corrected chi connectivity index (χ4v) is 3.93. The lowest BCUT2D eigenvalue weighted by Gasteiger charge is -2.16. The molecule has 33 heavy (non-hydrogen) atoms. The monoisotopic (exact) mass is 468 g/mol. The molecule has 0 bridgehead atoms. The fraction of sp³-hybridized carbons (Fsp3) is 0.333. The first-order valence-electron chi connectivity index (χ1n) is 10.6. The molecule has 1 heterocycles. The Morgan fingerprint density at radius 2 is 1.85 bits per heavy atom. The first-order chi connectivity index (χ1) is 15.8. The van der Waals surface area contributed by atoms with Gasteiger partial charge in [-0.05, 0) is 63.6 Å². The van der Waals surface area contributed by atoms with E-state index in [9.17, 15) is 9.59 Å². The zero-order valence-electron chi connectivity index (χ0n) is 19.4. The molecule has 0 spiro atoms. The summed E-state index contributed by atoms with van der Waals surface area (Å²) in [6, 6.07) is 12.6. The van der Waals surface area contributed by atoms with E-state index in [1.165, 1.54) is 17.3 Å². The van der Waals surface area contributed by atoms with Gasteiger partial charge in [0.1, 0.15) is 5.75 Å². The molecule has 9 heteroatoms. The van der Waals surface area contributed by atoms with Crippen LogP contribution in [-0.4, -0.2) is 39.0 Å². The first-order valence-corrected chi connectivity index (χ1v) is 11.6. The Hall–Kier alpha value is -3.33. The Morgan fingerprint density at radius 3 is 2.52 bits per heavy atom. The molecule has 0 saturated carbocycles. The van der Waals surface area contributed by atoms with Gasteiger partial charge in [0.2, 0.25) is 5.91 Å². The third-order valence-electron chi connectivity index (χ3n) is 4.88. The molecule has 0 radical (unpaired) electrons. The van der Waals surface area contributed by atoms with E-state index in [2.05, 4.69) is 21.6 Å². The van der Waals surface area contributed by atoms with E-state index in [1.54, 1.807) is 31.2 Å². The van der Waals surface area contributed by atoms with E-state index in [1.807, 2.05) is 44.5 Å². The van der Waals surface area contributed by atoms with Gasteiger partial charge in [0.25, 0.3) is 0 Å². The number of anilines is 1. The number of nitrogens with one attached hydrogen (secondary N) is 1. The molecule has 2 aromatic carbocycles. The van der Waals surface area contributed by atoms with E-state index in [0.29, 0.717) is 28.8 Å². The molecule has 8 nitrogen and oxygen atoms in total. The lowest BCUT2D eigenvalue weighted by Crippen LogP contribution is -2.15. The van der Waals surface area contributed by atoms with Crippen molar-refractivity contribution < 1.29 is 19.1 Å². The number of esters is 1. The lowest BCUT2D eigenvalue weighted by atomic mass is 10.1. The highest BCUT2D eigenvalue weighted by Crippen LogP contribution is 2.26. The van der Waals surface area contributed by atoms with Crippen molar-refractivity contribution in [1.82, 2.24) is 14.8 Å². The van der Waals surface area contributed by atoms with Crippen molar-refractivity contribution in [2.45, 2.75) is 39.0 Å². The molecule has 0 saturated heterocycles. The molecule has 0 aliphatic rings. The quantitative estimate of drug-likeness (QED) is 0.365. The van der Waals surface area contributed by atoms with Crippen LogP contribution in [0.4, 0.5) is 5.69 Å². The van der Waals surface area contributed by atoms with Gasteiger partial charge in [-0.15, -0.1) is 10.2 Å². The van der Waals surface area contributed by atoms with E-state index in [4.69, 9.17) is 9.47 Å². The van der Waals surface area contributed by atoms with Crippen molar-refractivity contribution in [2.75, 3.05) is 17.7 Å². The number of nitrogens with zero attached hydrogens (tertiary/aromatic N) is 3. The third kappa shape index (κ3) is 6.35. The van der Waals surface area contributed by atoms with Gasteiger partial charge < -0.3 is 19.4 Å². The van der Waals surface area contributed by atoms with Crippen molar-refractivity contribution in [1.29, 1.82) is 0 Å². The summed E-state index contributed by atoms with van der Waals surface area (Å²) in [4.78, 5) is 24.1. The average molecular weight is 469 g/mol. The highest BCUT2D eigenvalue weighted by atomic mass is 32.2. The maximum Gasteiger partial charge on any atom is 0.338 e. The van der Waals surface area contributed by atoms with Gasteiger partial charge in [-0.3, -0.25) is 4.79 Å². The summed E-state index contributed by atoms with van der Waals surface area (Å²) in [5.41, 5.74) is 3.28. The predicted octanol–water partition coefficient (Wildman–Crippen LogP) is 4.48. The van der Waals surface area contributed by atoms with Crippen molar-refractivity contribution in [3.05, 3.63) is 65.0 Å². The Kier molecular flexibility index (Phi) is 8.11. The van der Waals surface area contributed by atoms with Crippen LogP contribution in [0.2, 0.25) is 0 Å². The molecule has 1 amide bonds. The SMILES string of the molecule is CCOC(=O)c1ccc(NC(=O)CSc2nnc(C(C)Oc3ccc(C)cc3C)n2C)cc1. The molecule has 1 N–H and O–H groups in total. The summed E-state index contributed by atoms with van der Waals surface area (Å²) >= 11 is 1.29. The molecule has 0 fully saturated rings. The molecule has 1 aromatic heterocycles. The number of aryl methyl sites for hydroxylation is 2. The van der Waals surface area contributed by atoms with Gasteiger partial charge in [0.15, 0.2) is 17.1 Å². The van der Waals surface area contributed by atoms with E-state index < -0.39 is 0 Å². The van der Waals surface area contributed by atoms with Gasteiger partial charge in [0.05, 0.1) is 17.9 Å². The largest absolute Gasteiger partial charge is 0.482 e. The van der Waals surface area contributed by atoms with E-state index in [-0.39, 0.29) is 23.7 Å². The molecule has 3 rings (SSSR count). The summed E-state index contributed by atoms with van der Waals surface area (Å²) < 4.78 is 12.9. The molecule has 3 aromatic rings. The molecular formula is C24H28N4O4S. The average Bonchev–Trinajstić information content (AvgIpc) is 3.15. The van der Waals surface area contributed by atoms with Crippen LogP contribution < -0.4 is 10.1 Å². The second-order valence-corrected chi connectivity index (χ2v) is 8.51. The van der Waals surface area contributed by atoms with Crippen molar-refractivity contribution in [2.24, 2.45) is 7.05 Å². The predicted molar refractivity (Wildman–Crippen MR) is 128 cm³/mol. The number of hydrogen-bond donors (Lipinski definition) is 1. The van der Waals surface area contributed by atoms with Gasteiger partial charge >= 0.3 is 5.97 Å². The molecule has 174 valence electrons. The minimum Gasteiger partial charge on any atom is -0.482 e. The molecule has 0 aliphatic heterocycles. The minimum absolute atomic E-state index is 0.165. The number of amides is 1. The number of benzene rings is 2. The summed E-state index contributed by atoms with van der Waals surface area (Å²) in [5.74, 6) is 1.07. The Balaban J connectivity index is 1.55. The number of ether oxygens (including phenoxy) is 2. The second kappa shape index (κ2) is 11.0.